The number of nitrogens with one attached hydrogen (secondary N) is 2. The quantitative estimate of drug-likeness (QED) is 0.484. The minimum Gasteiger partial charge on any atom is -0.322 e. The number of benzene rings is 2. The van der Waals surface area contributed by atoms with Crippen LogP contribution in [-0.2, 0) is 10.0 Å². The summed E-state index contributed by atoms with van der Waals surface area (Å²) in [5, 5.41) is 8.68. The summed E-state index contributed by atoms with van der Waals surface area (Å²) in [4.78, 5) is 31.4. The first-order chi connectivity index (χ1) is 12.8. The number of fused-ring (bicyclic) bond motifs is 2. The van der Waals surface area contributed by atoms with Crippen molar-refractivity contribution < 1.29 is 13.2 Å². The number of pyridine rings is 1. The van der Waals surface area contributed by atoms with E-state index in [4.69, 9.17) is 5.14 Å². The maximum Gasteiger partial charge on any atom is 0.258 e. The number of carbonyl (C=O) groups excluding carboxylic acids is 1. The van der Waals surface area contributed by atoms with Crippen molar-refractivity contribution in [1.29, 1.82) is 0 Å². The minimum absolute atomic E-state index is 0.0305. The molecule has 27 heavy (non-hydrogen) atoms. The van der Waals surface area contributed by atoms with Crippen molar-refractivity contribution in [2.45, 2.75) is 4.90 Å². The molecule has 4 rings (SSSR count). The number of aromatic nitrogens is 2. The highest BCUT2D eigenvalue weighted by Gasteiger charge is 2.15. The first kappa shape index (κ1) is 17.3. The van der Waals surface area contributed by atoms with Crippen molar-refractivity contribution in [2.24, 2.45) is 5.14 Å². The van der Waals surface area contributed by atoms with E-state index in [-0.39, 0.29) is 21.1 Å². The zero-order valence-corrected chi connectivity index (χ0v) is 15.2. The molecular weight excluding hydrogens is 388 g/mol. The van der Waals surface area contributed by atoms with Gasteiger partial charge in [0.1, 0.15) is 0 Å². The number of amides is 1. The van der Waals surface area contributed by atoms with E-state index in [1.165, 1.54) is 24.3 Å². The average Bonchev–Trinajstić information content (AvgIpc) is 3.01. The van der Waals surface area contributed by atoms with Gasteiger partial charge >= 0.3 is 0 Å². The Kier molecular flexibility index (Phi) is 4.02. The highest BCUT2D eigenvalue weighted by Crippen LogP contribution is 2.28. The molecule has 4 N–H and O–H groups in total. The maximum absolute atomic E-state index is 12.7. The van der Waals surface area contributed by atoms with Crippen molar-refractivity contribution in [2.75, 3.05) is 5.32 Å². The molecule has 0 saturated carbocycles. The molecule has 2 aromatic carbocycles. The molecule has 10 heteroatoms. The number of hydrogen-bond acceptors (Lipinski definition) is 6. The number of sulfonamides is 1. The molecule has 0 radical (unpaired) electrons. The number of rotatable bonds is 3. The highest BCUT2D eigenvalue weighted by atomic mass is 32.2. The lowest BCUT2D eigenvalue weighted by Gasteiger charge is -2.05. The highest BCUT2D eigenvalue weighted by molar-refractivity contribution is 7.89. The van der Waals surface area contributed by atoms with Crippen molar-refractivity contribution in [3.8, 4) is 0 Å². The van der Waals surface area contributed by atoms with Crippen molar-refractivity contribution in [1.82, 2.24) is 9.97 Å². The summed E-state index contributed by atoms with van der Waals surface area (Å²) < 4.78 is 23.5. The van der Waals surface area contributed by atoms with Crippen LogP contribution in [-0.4, -0.2) is 24.3 Å². The van der Waals surface area contributed by atoms with Crippen LogP contribution in [0.4, 0.5) is 5.13 Å². The number of thiazole rings is 1. The van der Waals surface area contributed by atoms with Crippen molar-refractivity contribution >= 4 is 53.5 Å². The number of primary sulfonamides is 1. The van der Waals surface area contributed by atoms with Crippen LogP contribution in [0.1, 0.15) is 10.4 Å². The number of aromatic amines is 1. The monoisotopic (exact) mass is 400 g/mol. The third-order valence-corrected chi connectivity index (χ3v) is 5.75. The third kappa shape index (κ3) is 3.33. The normalized spacial score (nSPS) is 11.7. The van der Waals surface area contributed by atoms with E-state index in [0.717, 1.165) is 11.3 Å². The van der Waals surface area contributed by atoms with Crippen molar-refractivity contribution in [3.63, 3.8) is 0 Å². The van der Waals surface area contributed by atoms with Gasteiger partial charge in [0, 0.05) is 17.0 Å². The lowest BCUT2D eigenvalue weighted by atomic mass is 10.1. The molecule has 0 aliphatic heterocycles. The summed E-state index contributed by atoms with van der Waals surface area (Å²) in [6, 6.07) is 12.5. The lowest BCUT2D eigenvalue weighted by Crippen LogP contribution is -2.16. The predicted octanol–water partition coefficient (Wildman–Crippen LogP) is 2.04. The molecule has 4 aromatic rings. The van der Waals surface area contributed by atoms with Crippen LogP contribution in [0.15, 0.2) is 58.2 Å². The molecule has 1 amide bonds. The minimum atomic E-state index is -3.83. The van der Waals surface area contributed by atoms with E-state index in [1.54, 1.807) is 24.3 Å². The fraction of sp³-hybridized carbons (Fsp3) is 0. The van der Waals surface area contributed by atoms with E-state index in [2.05, 4.69) is 15.3 Å². The largest absolute Gasteiger partial charge is 0.322 e. The summed E-state index contributed by atoms with van der Waals surface area (Å²) in [7, 11) is -3.83. The Labute approximate surface area is 156 Å². The van der Waals surface area contributed by atoms with Crippen LogP contribution in [0.25, 0.3) is 21.1 Å². The second kappa shape index (κ2) is 6.27. The summed E-state index contributed by atoms with van der Waals surface area (Å²) in [5.74, 6) is -0.483. The molecule has 2 aromatic heterocycles. The first-order valence-corrected chi connectivity index (χ1v) is 10.0. The van der Waals surface area contributed by atoms with Crippen LogP contribution in [0.2, 0.25) is 0 Å². The van der Waals surface area contributed by atoms with E-state index >= 15 is 0 Å². The van der Waals surface area contributed by atoms with E-state index in [0.29, 0.717) is 21.1 Å². The number of carbonyl (C=O) groups is 1. The summed E-state index contributed by atoms with van der Waals surface area (Å²) >= 11 is 1.11. The lowest BCUT2D eigenvalue weighted by molar-refractivity contribution is 0.102. The van der Waals surface area contributed by atoms with Gasteiger partial charge in [-0.3, -0.25) is 14.9 Å². The van der Waals surface area contributed by atoms with Gasteiger partial charge in [-0.15, -0.1) is 0 Å². The fourth-order valence-electron chi connectivity index (χ4n) is 2.69. The third-order valence-electron chi connectivity index (χ3n) is 3.90. The number of anilines is 1. The van der Waals surface area contributed by atoms with Gasteiger partial charge in [0.15, 0.2) is 5.13 Å². The van der Waals surface area contributed by atoms with Crippen LogP contribution in [0.3, 0.4) is 0 Å². The zero-order chi connectivity index (χ0) is 19.2. The molecular formula is C17H12N4O4S2. The van der Waals surface area contributed by atoms with Gasteiger partial charge in [-0.2, -0.15) is 0 Å². The molecule has 0 spiro atoms. The number of nitrogens with two attached hydrogens (primary N) is 1. The van der Waals surface area contributed by atoms with Gasteiger partial charge in [-0.1, -0.05) is 29.5 Å². The summed E-state index contributed by atoms with van der Waals surface area (Å²) in [6.45, 7) is 0. The van der Waals surface area contributed by atoms with Gasteiger partial charge in [0.2, 0.25) is 15.6 Å². The molecule has 0 saturated heterocycles. The summed E-state index contributed by atoms with van der Waals surface area (Å²) in [6.07, 6.45) is 0. The van der Waals surface area contributed by atoms with Crippen LogP contribution < -0.4 is 16.0 Å². The molecule has 0 aliphatic rings. The molecule has 136 valence electrons. The molecule has 8 nitrogen and oxygen atoms in total. The first-order valence-electron chi connectivity index (χ1n) is 7.68. The zero-order valence-electron chi connectivity index (χ0n) is 13.6. The smallest absolute Gasteiger partial charge is 0.258 e. The van der Waals surface area contributed by atoms with Crippen LogP contribution in [0.5, 0.6) is 0 Å². The number of para-hydroxylation sites is 1. The Morgan fingerprint density at radius 2 is 1.93 bits per heavy atom. The molecule has 0 unspecified atom stereocenters. The Bertz CT molecular complexity index is 1370. The predicted molar refractivity (Wildman–Crippen MR) is 104 cm³/mol. The fourth-order valence-corrected chi connectivity index (χ4v) is 4.21. The van der Waals surface area contributed by atoms with Gasteiger partial charge < -0.3 is 4.98 Å². The summed E-state index contributed by atoms with van der Waals surface area (Å²) in [5.41, 5.74) is 0.912. The molecule has 0 fully saturated rings. The molecule has 0 atom stereocenters. The van der Waals surface area contributed by atoms with Gasteiger partial charge in [0.25, 0.3) is 5.91 Å². The van der Waals surface area contributed by atoms with Gasteiger partial charge in [-0.25, -0.2) is 18.5 Å². The number of H-pyrrole nitrogens is 1. The Balaban J connectivity index is 1.72. The maximum atomic E-state index is 12.7. The van der Waals surface area contributed by atoms with E-state index in [9.17, 15) is 18.0 Å². The molecule has 2 heterocycles. The second-order valence-electron chi connectivity index (χ2n) is 5.74. The van der Waals surface area contributed by atoms with E-state index < -0.39 is 15.9 Å². The topological polar surface area (TPSA) is 135 Å². The second-order valence-corrected chi connectivity index (χ2v) is 8.33. The van der Waals surface area contributed by atoms with Crippen LogP contribution >= 0.6 is 11.3 Å². The number of hydrogen-bond donors (Lipinski definition) is 3. The van der Waals surface area contributed by atoms with Gasteiger partial charge in [0.05, 0.1) is 20.7 Å². The SMILES string of the molecule is NS(=O)(=O)c1ccc2nc(NC(=O)c3cc(=O)[nH]c4ccccc34)sc2c1. The Hall–Kier alpha value is -3.08. The Morgan fingerprint density at radius 3 is 2.70 bits per heavy atom. The average molecular weight is 400 g/mol. The standard InChI is InChI=1S/C17H12N4O4S2/c18-27(24,25)9-5-6-13-14(7-9)26-17(20-13)21-16(23)11-8-15(22)19-12-4-2-1-3-10(11)12/h1-8H,(H,19,22)(H2,18,24,25)(H,20,21,23). The number of nitrogens with zero attached hydrogens (tertiary/aromatic N) is 1. The molecule has 0 aliphatic carbocycles. The van der Waals surface area contributed by atoms with E-state index in [1.807, 2.05) is 0 Å². The van der Waals surface area contributed by atoms with Gasteiger partial charge in [-0.05, 0) is 24.3 Å². The Morgan fingerprint density at radius 1 is 1.15 bits per heavy atom. The van der Waals surface area contributed by atoms with Crippen LogP contribution in [0, 0.1) is 0 Å². The van der Waals surface area contributed by atoms with Crippen molar-refractivity contribution in [3.05, 3.63) is 64.4 Å². The molecule has 0 bridgehead atoms.